The number of anilines is 1. The highest BCUT2D eigenvalue weighted by atomic mass is 16.3. The number of amides is 1. The quantitative estimate of drug-likeness (QED) is 0.434. The van der Waals surface area contributed by atoms with Crippen molar-refractivity contribution in [3.8, 4) is 11.1 Å². The van der Waals surface area contributed by atoms with Crippen molar-refractivity contribution in [3.63, 3.8) is 0 Å². The molecule has 1 fully saturated rings. The highest BCUT2D eigenvalue weighted by molar-refractivity contribution is 6.11. The Balaban J connectivity index is 1.38. The van der Waals surface area contributed by atoms with Crippen molar-refractivity contribution in [2.75, 3.05) is 18.4 Å². The van der Waals surface area contributed by atoms with Crippen LogP contribution in [0, 0.1) is 6.92 Å². The lowest BCUT2D eigenvalue weighted by Gasteiger charge is -2.29. The summed E-state index contributed by atoms with van der Waals surface area (Å²) < 4.78 is 0. The summed E-state index contributed by atoms with van der Waals surface area (Å²) in [6.07, 6.45) is 8.29. The van der Waals surface area contributed by atoms with Crippen LogP contribution < -0.4 is 5.32 Å². The number of pyridine rings is 1. The summed E-state index contributed by atoms with van der Waals surface area (Å²) in [5, 5.41) is 20.4. The second-order valence-corrected chi connectivity index (χ2v) is 8.39. The number of rotatable bonds is 5. The number of hydrogen-bond acceptors (Lipinski definition) is 7. The Labute approximate surface area is 190 Å². The third-order valence-electron chi connectivity index (χ3n) is 5.91. The predicted octanol–water partition coefficient (Wildman–Crippen LogP) is 2.93. The lowest BCUT2D eigenvalue weighted by Crippen LogP contribution is -2.35. The molecule has 0 bridgehead atoms. The van der Waals surface area contributed by atoms with E-state index in [2.05, 4.69) is 41.4 Å². The maximum Gasteiger partial charge on any atom is 0.276 e. The van der Waals surface area contributed by atoms with E-state index in [1.165, 1.54) is 0 Å². The van der Waals surface area contributed by atoms with Crippen LogP contribution in [0.5, 0.6) is 0 Å². The summed E-state index contributed by atoms with van der Waals surface area (Å²) in [7, 11) is 0. The molecule has 5 rings (SSSR count). The van der Waals surface area contributed by atoms with Gasteiger partial charge in [0.1, 0.15) is 5.82 Å². The molecule has 0 aliphatic carbocycles. The molecule has 0 unspecified atom stereocenters. The second-order valence-electron chi connectivity index (χ2n) is 8.39. The number of aryl methyl sites for hydroxylation is 1. The molecule has 4 heterocycles. The smallest absolute Gasteiger partial charge is 0.276 e. The van der Waals surface area contributed by atoms with Gasteiger partial charge in [0, 0.05) is 43.0 Å². The molecular weight excluding hydrogens is 418 g/mol. The van der Waals surface area contributed by atoms with Crippen LogP contribution in [0.1, 0.15) is 34.7 Å². The number of fused-ring (bicyclic) bond motifs is 1. The van der Waals surface area contributed by atoms with E-state index in [0.29, 0.717) is 17.2 Å². The number of aromatic amines is 1. The Hall–Kier alpha value is -3.69. The monoisotopic (exact) mass is 443 g/mol. The van der Waals surface area contributed by atoms with E-state index in [-0.39, 0.29) is 12.0 Å². The minimum absolute atomic E-state index is 0.183. The molecule has 1 saturated heterocycles. The largest absolute Gasteiger partial charge is 0.393 e. The minimum atomic E-state index is -0.329. The molecule has 0 saturated carbocycles. The lowest BCUT2D eigenvalue weighted by atomic mass is 10.0. The van der Waals surface area contributed by atoms with Gasteiger partial charge >= 0.3 is 0 Å². The first-order valence-corrected chi connectivity index (χ1v) is 11.0. The van der Waals surface area contributed by atoms with Crippen molar-refractivity contribution in [1.82, 2.24) is 30.0 Å². The number of aliphatic hydroxyl groups is 1. The van der Waals surface area contributed by atoms with Crippen LogP contribution >= 0.6 is 0 Å². The molecule has 9 nitrogen and oxygen atoms in total. The van der Waals surface area contributed by atoms with Gasteiger partial charge in [-0.2, -0.15) is 5.10 Å². The highest BCUT2D eigenvalue weighted by Crippen LogP contribution is 2.26. The van der Waals surface area contributed by atoms with E-state index in [9.17, 15) is 9.90 Å². The fraction of sp³-hybridized carbons (Fsp3) is 0.292. The molecule has 1 amide bonds. The van der Waals surface area contributed by atoms with Gasteiger partial charge in [-0.3, -0.25) is 19.8 Å². The molecule has 0 spiro atoms. The average molecular weight is 444 g/mol. The Morgan fingerprint density at radius 3 is 2.70 bits per heavy atom. The number of hydrogen-bond donors (Lipinski definition) is 3. The molecule has 3 aromatic heterocycles. The molecule has 9 heteroatoms. The molecule has 168 valence electrons. The van der Waals surface area contributed by atoms with Crippen LogP contribution in [0.4, 0.5) is 5.69 Å². The molecular formula is C24H25N7O2. The van der Waals surface area contributed by atoms with Crippen molar-refractivity contribution in [2.45, 2.75) is 32.4 Å². The van der Waals surface area contributed by atoms with Crippen molar-refractivity contribution < 1.29 is 9.90 Å². The zero-order chi connectivity index (χ0) is 22.8. The van der Waals surface area contributed by atoms with Crippen molar-refractivity contribution >= 4 is 22.5 Å². The second kappa shape index (κ2) is 9.05. The van der Waals surface area contributed by atoms with E-state index >= 15 is 0 Å². The lowest BCUT2D eigenvalue weighted by molar-refractivity contribution is 0.0792. The number of piperidine rings is 1. The number of nitrogens with one attached hydrogen (secondary N) is 2. The van der Waals surface area contributed by atoms with Crippen LogP contribution in [0.15, 0.2) is 49.1 Å². The van der Waals surface area contributed by atoms with E-state index in [1.54, 1.807) is 19.3 Å². The zero-order valence-electron chi connectivity index (χ0n) is 18.3. The first kappa shape index (κ1) is 21.2. The standard InChI is InChI=1S/C24H25N7O2/c1-15-26-12-19(13-27-15)28-24(33)23-21-9-17(2-3-22(21)29-30-23)18-8-16(10-25-11-18)14-31-6-4-20(32)5-7-31/h2-3,8-13,20,32H,4-7,14H2,1H3,(H,28,33)(H,29,30). The van der Waals surface area contributed by atoms with Crippen molar-refractivity contribution in [1.29, 1.82) is 0 Å². The summed E-state index contributed by atoms with van der Waals surface area (Å²) in [6.45, 7) is 4.36. The molecule has 1 aliphatic rings. The number of aliphatic hydroxyl groups excluding tert-OH is 1. The average Bonchev–Trinajstić information content (AvgIpc) is 3.26. The van der Waals surface area contributed by atoms with Crippen LogP contribution in [0.3, 0.4) is 0 Å². The first-order chi connectivity index (χ1) is 16.0. The third-order valence-corrected chi connectivity index (χ3v) is 5.91. The molecule has 1 aliphatic heterocycles. The predicted molar refractivity (Wildman–Crippen MR) is 125 cm³/mol. The van der Waals surface area contributed by atoms with Crippen LogP contribution in [0.25, 0.3) is 22.0 Å². The molecule has 1 aromatic carbocycles. The maximum atomic E-state index is 12.8. The van der Waals surface area contributed by atoms with Gasteiger partial charge in [-0.15, -0.1) is 0 Å². The van der Waals surface area contributed by atoms with Gasteiger partial charge in [0.2, 0.25) is 0 Å². The number of aromatic nitrogens is 5. The summed E-state index contributed by atoms with van der Waals surface area (Å²) in [5.41, 5.74) is 4.66. The van der Waals surface area contributed by atoms with Crippen molar-refractivity contribution in [3.05, 3.63) is 66.1 Å². The van der Waals surface area contributed by atoms with Gasteiger partial charge in [0.25, 0.3) is 5.91 Å². The Morgan fingerprint density at radius 1 is 1.12 bits per heavy atom. The van der Waals surface area contributed by atoms with Gasteiger partial charge in [-0.1, -0.05) is 6.07 Å². The van der Waals surface area contributed by atoms with E-state index in [1.807, 2.05) is 30.6 Å². The fourth-order valence-corrected chi connectivity index (χ4v) is 4.08. The molecule has 4 aromatic rings. The van der Waals surface area contributed by atoms with Crippen molar-refractivity contribution in [2.24, 2.45) is 0 Å². The van der Waals surface area contributed by atoms with Gasteiger partial charge in [0.05, 0.1) is 29.7 Å². The summed E-state index contributed by atoms with van der Waals surface area (Å²) in [6, 6.07) is 8.00. The van der Waals surface area contributed by atoms with E-state index in [4.69, 9.17) is 0 Å². The molecule has 33 heavy (non-hydrogen) atoms. The SMILES string of the molecule is Cc1ncc(NC(=O)c2n[nH]c3ccc(-c4cncc(CN5CCC(O)CC5)c4)cc23)cn1. The molecule has 3 N–H and O–H groups in total. The minimum Gasteiger partial charge on any atom is -0.393 e. The zero-order valence-corrected chi connectivity index (χ0v) is 18.3. The third kappa shape index (κ3) is 4.74. The van der Waals surface area contributed by atoms with E-state index in [0.717, 1.165) is 60.1 Å². The summed E-state index contributed by atoms with van der Waals surface area (Å²) in [4.78, 5) is 27.8. The van der Waals surface area contributed by atoms with E-state index < -0.39 is 0 Å². The maximum absolute atomic E-state index is 12.8. The number of likely N-dealkylation sites (tertiary alicyclic amines) is 1. The normalized spacial score (nSPS) is 15.1. The van der Waals surface area contributed by atoms with Gasteiger partial charge in [0.15, 0.2) is 5.69 Å². The highest BCUT2D eigenvalue weighted by Gasteiger charge is 2.18. The number of carbonyl (C=O) groups is 1. The molecule has 0 radical (unpaired) electrons. The summed E-state index contributed by atoms with van der Waals surface area (Å²) in [5.74, 6) is 0.307. The number of H-pyrrole nitrogens is 1. The van der Waals surface area contributed by atoms with Gasteiger partial charge in [-0.05, 0) is 49.1 Å². The topological polar surface area (TPSA) is 120 Å². The van der Waals surface area contributed by atoms with Crippen LogP contribution in [-0.2, 0) is 6.54 Å². The fourth-order valence-electron chi connectivity index (χ4n) is 4.08. The first-order valence-electron chi connectivity index (χ1n) is 11.0. The Morgan fingerprint density at radius 2 is 1.91 bits per heavy atom. The Bertz CT molecular complexity index is 1280. The number of benzene rings is 1. The number of nitrogens with zero attached hydrogens (tertiary/aromatic N) is 5. The Kier molecular flexibility index (Phi) is 5.80. The number of carbonyl (C=O) groups excluding carboxylic acids is 1. The van der Waals surface area contributed by atoms with Gasteiger partial charge < -0.3 is 10.4 Å². The van der Waals surface area contributed by atoms with Crippen LogP contribution in [-0.4, -0.2) is 60.3 Å². The summed E-state index contributed by atoms with van der Waals surface area (Å²) >= 11 is 0. The van der Waals surface area contributed by atoms with Gasteiger partial charge in [-0.25, -0.2) is 9.97 Å². The molecule has 0 atom stereocenters. The van der Waals surface area contributed by atoms with Crippen LogP contribution in [0.2, 0.25) is 0 Å².